The SMILES string of the molecule is CCCC(CC(=O)NCC(C(=O)O)C(C)C)n1ccnc1. The molecule has 6 heteroatoms. The molecule has 0 aromatic carbocycles. The third-order valence-electron chi connectivity index (χ3n) is 3.63. The van der Waals surface area contributed by atoms with Crippen molar-refractivity contribution in [3.8, 4) is 0 Å². The number of imidazole rings is 1. The highest BCUT2D eigenvalue weighted by Crippen LogP contribution is 2.18. The lowest BCUT2D eigenvalue weighted by Gasteiger charge is -2.20. The van der Waals surface area contributed by atoms with Crippen molar-refractivity contribution in [3.63, 3.8) is 0 Å². The van der Waals surface area contributed by atoms with Crippen LogP contribution in [0.5, 0.6) is 0 Å². The summed E-state index contributed by atoms with van der Waals surface area (Å²) in [7, 11) is 0. The van der Waals surface area contributed by atoms with Gasteiger partial charge in [-0.25, -0.2) is 4.98 Å². The van der Waals surface area contributed by atoms with Crippen LogP contribution in [0.15, 0.2) is 18.7 Å². The van der Waals surface area contributed by atoms with E-state index in [2.05, 4.69) is 17.2 Å². The van der Waals surface area contributed by atoms with E-state index < -0.39 is 11.9 Å². The van der Waals surface area contributed by atoms with Crippen LogP contribution in [-0.2, 0) is 9.59 Å². The minimum atomic E-state index is -0.870. The van der Waals surface area contributed by atoms with E-state index in [9.17, 15) is 9.59 Å². The Morgan fingerprint density at radius 1 is 1.38 bits per heavy atom. The van der Waals surface area contributed by atoms with Crippen LogP contribution in [0.25, 0.3) is 0 Å². The highest BCUT2D eigenvalue weighted by atomic mass is 16.4. The highest BCUT2D eigenvalue weighted by Gasteiger charge is 2.22. The number of aliphatic carboxylic acids is 1. The molecule has 21 heavy (non-hydrogen) atoms. The first-order valence-electron chi connectivity index (χ1n) is 7.42. The molecule has 1 aromatic rings. The number of nitrogens with zero attached hydrogens (tertiary/aromatic N) is 2. The average Bonchev–Trinajstić information content (AvgIpc) is 2.91. The number of carboxylic acid groups (broad SMARTS) is 1. The van der Waals surface area contributed by atoms with Crippen LogP contribution in [0.3, 0.4) is 0 Å². The second kappa shape index (κ2) is 8.44. The summed E-state index contributed by atoms with van der Waals surface area (Å²) >= 11 is 0. The number of hydrogen-bond donors (Lipinski definition) is 2. The molecule has 1 aromatic heterocycles. The summed E-state index contributed by atoms with van der Waals surface area (Å²) in [5, 5.41) is 11.9. The second-order valence-corrected chi connectivity index (χ2v) is 5.65. The average molecular weight is 295 g/mol. The summed E-state index contributed by atoms with van der Waals surface area (Å²) in [6.45, 7) is 5.93. The van der Waals surface area contributed by atoms with E-state index in [1.54, 1.807) is 12.5 Å². The van der Waals surface area contributed by atoms with Crippen molar-refractivity contribution < 1.29 is 14.7 Å². The van der Waals surface area contributed by atoms with Gasteiger partial charge in [0, 0.05) is 31.4 Å². The summed E-state index contributed by atoms with van der Waals surface area (Å²) in [6, 6.07) is 0.0693. The van der Waals surface area contributed by atoms with Crippen molar-refractivity contribution in [3.05, 3.63) is 18.7 Å². The fourth-order valence-electron chi connectivity index (χ4n) is 2.29. The highest BCUT2D eigenvalue weighted by molar-refractivity contribution is 5.77. The first kappa shape index (κ1) is 17.2. The van der Waals surface area contributed by atoms with E-state index >= 15 is 0 Å². The van der Waals surface area contributed by atoms with E-state index in [0.29, 0.717) is 6.42 Å². The van der Waals surface area contributed by atoms with Gasteiger partial charge in [-0.05, 0) is 12.3 Å². The van der Waals surface area contributed by atoms with Gasteiger partial charge in [0.2, 0.25) is 5.91 Å². The first-order valence-corrected chi connectivity index (χ1v) is 7.42. The topological polar surface area (TPSA) is 84.2 Å². The lowest BCUT2D eigenvalue weighted by Crippen LogP contribution is -2.36. The monoisotopic (exact) mass is 295 g/mol. The van der Waals surface area contributed by atoms with Crippen molar-refractivity contribution in [2.45, 2.75) is 46.1 Å². The Bertz CT molecular complexity index is 443. The summed E-state index contributed by atoms with van der Waals surface area (Å²) < 4.78 is 1.93. The van der Waals surface area contributed by atoms with Crippen LogP contribution in [0, 0.1) is 11.8 Å². The van der Waals surface area contributed by atoms with Gasteiger partial charge in [0.15, 0.2) is 0 Å². The largest absolute Gasteiger partial charge is 0.481 e. The molecule has 0 aliphatic rings. The maximum absolute atomic E-state index is 12.0. The molecule has 1 amide bonds. The van der Waals surface area contributed by atoms with Gasteiger partial charge in [-0.3, -0.25) is 9.59 Å². The first-order chi connectivity index (χ1) is 9.95. The van der Waals surface area contributed by atoms with Gasteiger partial charge in [-0.2, -0.15) is 0 Å². The Morgan fingerprint density at radius 3 is 2.57 bits per heavy atom. The molecular weight excluding hydrogens is 270 g/mol. The quantitative estimate of drug-likeness (QED) is 0.730. The van der Waals surface area contributed by atoms with Crippen LogP contribution in [0.4, 0.5) is 0 Å². The molecule has 0 saturated heterocycles. The molecule has 0 bridgehead atoms. The maximum atomic E-state index is 12.0. The molecule has 6 nitrogen and oxygen atoms in total. The molecule has 1 rings (SSSR count). The maximum Gasteiger partial charge on any atom is 0.308 e. The Kier molecular flexibility index (Phi) is 6.91. The second-order valence-electron chi connectivity index (χ2n) is 5.65. The van der Waals surface area contributed by atoms with Crippen LogP contribution in [0.2, 0.25) is 0 Å². The van der Waals surface area contributed by atoms with Gasteiger partial charge in [-0.15, -0.1) is 0 Å². The van der Waals surface area contributed by atoms with Crippen LogP contribution >= 0.6 is 0 Å². The Morgan fingerprint density at radius 2 is 2.10 bits per heavy atom. The molecule has 0 radical (unpaired) electrons. The van der Waals surface area contributed by atoms with E-state index in [0.717, 1.165) is 12.8 Å². The molecule has 118 valence electrons. The van der Waals surface area contributed by atoms with Gasteiger partial charge in [-0.1, -0.05) is 27.2 Å². The normalized spacial score (nSPS) is 13.9. The molecule has 0 fully saturated rings. The lowest BCUT2D eigenvalue weighted by atomic mass is 9.96. The smallest absolute Gasteiger partial charge is 0.308 e. The van der Waals surface area contributed by atoms with Gasteiger partial charge in [0.05, 0.1) is 12.2 Å². The molecule has 0 aliphatic heterocycles. The van der Waals surface area contributed by atoms with E-state index in [-0.39, 0.29) is 24.4 Å². The number of carbonyl (C=O) groups excluding carboxylic acids is 1. The molecule has 1 heterocycles. The third kappa shape index (κ3) is 5.57. The van der Waals surface area contributed by atoms with Crippen LogP contribution in [0.1, 0.15) is 46.1 Å². The molecule has 0 saturated carbocycles. The zero-order chi connectivity index (χ0) is 15.8. The molecule has 2 unspecified atom stereocenters. The Labute approximate surface area is 125 Å². The number of amides is 1. The van der Waals surface area contributed by atoms with Gasteiger partial charge < -0.3 is 15.0 Å². The third-order valence-corrected chi connectivity index (χ3v) is 3.63. The van der Waals surface area contributed by atoms with E-state index in [1.807, 2.05) is 24.6 Å². The predicted octanol–water partition coefficient (Wildman–Crippen LogP) is 2.09. The number of rotatable bonds is 9. The van der Waals surface area contributed by atoms with Gasteiger partial charge in [0.1, 0.15) is 0 Å². The zero-order valence-corrected chi connectivity index (χ0v) is 13.0. The van der Waals surface area contributed by atoms with Crippen molar-refractivity contribution in [2.24, 2.45) is 11.8 Å². The predicted molar refractivity (Wildman–Crippen MR) is 79.8 cm³/mol. The van der Waals surface area contributed by atoms with Crippen LogP contribution < -0.4 is 5.32 Å². The van der Waals surface area contributed by atoms with Crippen molar-refractivity contribution in [2.75, 3.05) is 6.54 Å². The summed E-state index contributed by atoms with van der Waals surface area (Å²) in [5.41, 5.74) is 0. The summed E-state index contributed by atoms with van der Waals surface area (Å²) in [4.78, 5) is 27.1. The minimum Gasteiger partial charge on any atom is -0.481 e. The van der Waals surface area contributed by atoms with E-state index in [4.69, 9.17) is 5.11 Å². The Hall–Kier alpha value is -1.85. The number of carboxylic acids is 1. The fraction of sp³-hybridized carbons (Fsp3) is 0.667. The van der Waals surface area contributed by atoms with Gasteiger partial charge >= 0.3 is 5.97 Å². The van der Waals surface area contributed by atoms with Crippen molar-refractivity contribution in [1.29, 1.82) is 0 Å². The lowest BCUT2D eigenvalue weighted by molar-refractivity contribution is -0.143. The fourth-order valence-corrected chi connectivity index (χ4v) is 2.29. The minimum absolute atomic E-state index is 0.0112. The number of hydrogen-bond acceptors (Lipinski definition) is 3. The number of carbonyl (C=O) groups is 2. The molecule has 0 spiro atoms. The van der Waals surface area contributed by atoms with Crippen molar-refractivity contribution >= 4 is 11.9 Å². The molecule has 2 atom stereocenters. The summed E-state index contributed by atoms with van der Waals surface area (Å²) in [5.74, 6) is -1.55. The number of aromatic nitrogens is 2. The van der Waals surface area contributed by atoms with Gasteiger partial charge in [0.25, 0.3) is 0 Å². The van der Waals surface area contributed by atoms with E-state index in [1.165, 1.54) is 0 Å². The zero-order valence-electron chi connectivity index (χ0n) is 13.0. The summed E-state index contributed by atoms with van der Waals surface area (Å²) in [6.07, 6.45) is 7.45. The molecular formula is C15H25N3O3. The molecule has 0 aliphatic carbocycles. The van der Waals surface area contributed by atoms with Crippen molar-refractivity contribution in [1.82, 2.24) is 14.9 Å². The van der Waals surface area contributed by atoms with Crippen LogP contribution in [-0.4, -0.2) is 33.1 Å². The molecule has 2 N–H and O–H groups in total. The number of nitrogens with one attached hydrogen (secondary N) is 1. The standard InChI is InChI=1S/C15H25N3O3/c1-4-5-12(18-7-6-16-10-18)8-14(19)17-9-13(11(2)3)15(20)21/h6-7,10-13H,4-5,8-9H2,1-3H3,(H,17,19)(H,20,21). The Balaban J connectivity index is 2.53.